The summed E-state index contributed by atoms with van der Waals surface area (Å²) in [4.78, 5) is 13.4. The maximum absolute atomic E-state index is 13.0. The minimum atomic E-state index is -0.284. The van der Waals surface area contributed by atoms with Gasteiger partial charge in [-0.3, -0.25) is 4.79 Å². The molecule has 114 valence electrons. The molecule has 0 radical (unpaired) electrons. The second-order valence-electron chi connectivity index (χ2n) is 4.84. The molecule has 0 aliphatic carbocycles. The van der Waals surface area contributed by atoms with Crippen molar-refractivity contribution in [3.8, 4) is 0 Å². The zero-order valence-corrected chi connectivity index (χ0v) is 13.2. The van der Waals surface area contributed by atoms with Crippen LogP contribution in [0.5, 0.6) is 0 Å². The molecule has 0 saturated heterocycles. The molecule has 0 spiro atoms. The number of benzene rings is 2. The lowest BCUT2D eigenvalue weighted by molar-refractivity contribution is 0.0937. The quantitative estimate of drug-likeness (QED) is 0.624. The van der Waals surface area contributed by atoms with E-state index in [2.05, 4.69) is 11.9 Å². The highest BCUT2D eigenvalue weighted by Crippen LogP contribution is 2.23. The molecule has 2 aromatic carbocycles. The van der Waals surface area contributed by atoms with E-state index in [9.17, 15) is 9.18 Å². The third-order valence-electron chi connectivity index (χ3n) is 3.21. The van der Waals surface area contributed by atoms with Crippen LogP contribution in [0.15, 0.2) is 66.1 Å². The summed E-state index contributed by atoms with van der Waals surface area (Å²) < 4.78 is 13.0. The van der Waals surface area contributed by atoms with Gasteiger partial charge in [0.25, 0.3) is 5.91 Å². The van der Waals surface area contributed by atoms with Crippen LogP contribution >= 0.6 is 11.8 Å². The van der Waals surface area contributed by atoms with Crippen molar-refractivity contribution in [2.75, 3.05) is 5.75 Å². The first-order valence-electron chi connectivity index (χ1n) is 7.01. The van der Waals surface area contributed by atoms with Crippen molar-refractivity contribution in [1.82, 2.24) is 5.32 Å². The summed E-state index contributed by atoms with van der Waals surface area (Å²) in [6.45, 7) is 5.57. The lowest BCUT2D eigenvalue weighted by Gasteiger charge is -2.16. The molecule has 2 nitrogen and oxygen atoms in total. The Morgan fingerprint density at radius 2 is 1.95 bits per heavy atom. The molecule has 0 heterocycles. The summed E-state index contributed by atoms with van der Waals surface area (Å²) in [6.07, 6.45) is 1.81. The summed E-state index contributed by atoms with van der Waals surface area (Å²) >= 11 is 1.57. The molecular weight excluding hydrogens is 297 g/mol. The summed E-state index contributed by atoms with van der Waals surface area (Å²) in [5.74, 6) is 0.329. The Balaban J connectivity index is 2.11. The Labute approximate surface area is 134 Å². The van der Waals surface area contributed by atoms with Crippen molar-refractivity contribution in [2.45, 2.75) is 17.9 Å². The van der Waals surface area contributed by atoms with Crippen LogP contribution in [0, 0.1) is 5.82 Å². The van der Waals surface area contributed by atoms with E-state index in [1.165, 1.54) is 12.1 Å². The van der Waals surface area contributed by atoms with E-state index in [-0.39, 0.29) is 17.8 Å². The van der Waals surface area contributed by atoms with E-state index in [0.29, 0.717) is 5.56 Å². The molecule has 1 atom stereocenters. The van der Waals surface area contributed by atoms with Gasteiger partial charge in [0.2, 0.25) is 0 Å². The molecule has 0 bridgehead atoms. The molecule has 4 heteroatoms. The molecule has 1 N–H and O–H groups in total. The number of rotatable bonds is 6. The number of carbonyl (C=O) groups excluding carboxylic acids is 1. The normalized spacial score (nSPS) is 11.7. The van der Waals surface area contributed by atoms with Gasteiger partial charge >= 0.3 is 0 Å². The lowest BCUT2D eigenvalue weighted by atomic mass is 10.1. The van der Waals surface area contributed by atoms with E-state index in [1.54, 1.807) is 36.0 Å². The molecular formula is C18H18FNOS. The second kappa shape index (κ2) is 7.80. The van der Waals surface area contributed by atoms with Crippen LogP contribution in [0.3, 0.4) is 0 Å². The van der Waals surface area contributed by atoms with E-state index < -0.39 is 0 Å². The largest absolute Gasteiger partial charge is 0.345 e. The summed E-state index contributed by atoms with van der Waals surface area (Å²) in [5, 5.41) is 2.95. The molecule has 0 aliphatic rings. The van der Waals surface area contributed by atoms with Gasteiger partial charge in [0.1, 0.15) is 5.82 Å². The van der Waals surface area contributed by atoms with Gasteiger partial charge in [-0.15, -0.1) is 18.3 Å². The molecule has 0 fully saturated rings. The SMILES string of the molecule is C=CCSc1ccccc1C(=O)N[C@@H](C)c1ccc(F)cc1. The Kier molecular flexibility index (Phi) is 5.78. The van der Waals surface area contributed by atoms with Gasteiger partial charge < -0.3 is 5.32 Å². The first kappa shape index (κ1) is 16.3. The third-order valence-corrected chi connectivity index (χ3v) is 4.28. The monoisotopic (exact) mass is 315 g/mol. The maximum Gasteiger partial charge on any atom is 0.252 e. The molecule has 2 rings (SSSR count). The highest BCUT2D eigenvalue weighted by molar-refractivity contribution is 7.99. The highest BCUT2D eigenvalue weighted by atomic mass is 32.2. The van der Waals surface area contributed by atoms with Gasteiger partial charge in [-0.2, -0.15) is 0 Å². The molecule has 22 heavy (non-hydrogen) atoms. The lowest BCUT2D eigenvalue weighted by Crippen LogP contribution is -2.27. The zero-order valence-electron chi connectivity index (χ0n) is 12.4. The Bertz CT molecular complexity index is 654. The van der Waals surface area contributed by atoms with Crippen molar-refractivity contribution < 1.29 is 9.18 Å². The maximum atomic E-state index is 13.0. The van der Waals surface area contributed by atoms with E-state index >= 15 is 0 Å². The molecule has 0 saturated carbocycles. The van der Waals surface area contributed by atoms with E-state index in [0.717, 1.165) is 16.2 Å². The fourth-order valence-corrected chi connectivity index (χ4v) is 2.83. The number of amides is 1. The van der Waals surface area contributed by atoms with Gasteiger partial charge in [0.15, 0.2) is 0 Å². The van der Waals surface area contributed by atoms with Crippen LogP contribution in [0.2, 0.25) is 0 Å². The van der Waals surface area contributed by atoms with Crippen LogP contribution in [-0.2, 0) is 0 Å². The van der Waals surface area contributed by atoms with Crippen molar-refractivity contribution in [3.63, 3.8) is 0 Å². The summed E-state index contributed by atoms with van der Waals surface area (Å²) in [6, 6.07) is 13.4. The highest BCUT2D eigenvalue weighted by Gasteiger charge is 2.14. The van der Waals surface area contributed by atoms with Crippen LogP contribution in [0.1, 0.15) is 28.9 Å². The zero-order chi connectivity index (χ0) is 15.9. The van der Waals surface area contributed by atoms with Gasteiger partial charge in [0.05, 0.1) is 11.6 Å². The van der Waals surface area contributed by atoms with Crippen molar-refractivity contribution in [2.24, 2.45) is 0 Å². The molecule has 2 aromatic rings. The summed E-state index contributed by atoms with van der Waals surface area (Å²) in [5.41, 5.74) is 1.51. The number of halogens is 1. The average molecular weight is 315 g/mol. The predicted molar refractivity (Wildman–Crippen MR) is 89.6 cm³/mol. The molecule has 0 aromatic heterocycles. The van der Waals surface area contributed by atoms with Crippen LogP contribution in [-0.4, -0.2) is 11.7 Å². The number of thioether (sulfide) groups is 1. The van der Waals surface area contributed by atoms with E-state index in [1.807, 2.05) is 25.1 Å². The molecule has 1 amide bonds. The fraction of sp³-hybridized carbons (Fsp3) is 0.167. The van der Waals surface area contributed by atoms with Crippen LogP contribution < -0.4 is 5.32 Å². The summed E-state index contributed by atoms with van der Waals surface area (Å²) in [7, 11) is 0. The Morgan fingerprint density at radius 1 is 1.27 bits per heavy atom. The fourth-order valence-electron chi connectivity index (χ4n) is 2.04. The first-order chi connectivity index (χ1) is 10.6. The van der Waals surface area contributed by atoms with Crippen LogP contribution in [0.25, 0.3) is 0 Å². The first-order valence-corrected chi connectivity index (χ1v) is 7.99. The van der Waals surface area contributed by atoms with Gasteiger partial charge in [-0.05, 0) is 36.8 Å². The average Bonchev–Trinajstić information content (AvgIpc) is 2.53. The molecule has 0 unspecified atom stereocenters. The van der Waals surface area contributed by atoms with Crippen molar-refractivity contribution in [3.05, 3.63) is 78.1 Å². The van der Waals surface area contributed by atoms with Crippen molar-refractivity contribution in [1.29, 1.82) is 0 Å². The molecule has 0 aliphatic heterocycles. The number of hydrogen-bond acceptors (Lipinski definition) is 2. The minimum absolute atomic E-state index is 0.135. The van der Waals surface area contributed by atoms with Gasteiger partial charge in [0, 0.05) is 10.6 Å². The van der Waals surface area contributed by atoms with Crippen molar-refractivity contribution >= 4 is 17.7 Å². The number of nitrogens with one attached hydrogen (secondary N) is 1. The van der Waals surface area contributed by atoms with E-state index in [4.69, 9.17) is 0 Å². The number of carbonyl (C=O) groups is 1. The van der Waals surface area contributed by atoms with Gasteiger partial charge in [-0.25, -0.2) is 4.39 Å². The Hall–Kier alpha value is -2.07. The number of hydrogen-bond donors (Lipinski definition) is 1. The third kappa shape index (κ3) is 4.21. The van der Waals surface area contributed by atoms with Gasteiger partial charge in [-0.1, -0.05) is 30.3 Å². The van der Waals surface area contributed by atoms with Crippen LogP contribution in [0.4, 0.5) is 4.39 Å². The smallest absolute Gasteiger partial charge is 0.252 e. The topological polar surface area (TPSA) is 29.1 Å². The standard InChI is InChI=1S/C18H18FNOS/c1-3-12-22-17-7-5-4-6-16(17)18(21)20-13(2)14-8-10-15(19)11-9-14/h3-11,13H,1,12H2,2H3,(H,20,21)/t13-/m0/s1. The predicted octanol–water partition coefficient (Wildman–Crippen LogP) is 4.59. The Morgan fingerprint density at radius 3 is 2.64 bits per heavy atom. The second-order valence-corrected chi connectivity index (χ2v) is 5.90. The minimum Gasteiger partial charge on any atom is -0.345 e.